The molecule has 29 heavy (non-hydrogen) atoms. The molecule has 1 aliphatic heterocycles. The SMILES string of the molecule is CCn1cc(Br)c(-c2ccnc3cc(C(=O)NCCCN4CCOCC4)nn23)n1. The average molecular weight is 462 g/mol. The van der Waals surface area contributed by atoms with Gasteiger partial charge in [0.05, 0.1) is 23.4 Å². The summed E-state index contributed by atoms with van der Waals surface area (Å²) in [5.41, 5.74) is 2.50. The van der Waals surface area contributed by atoms with E-state index < -0.39 is 0 Å². The molecule has 4 rings (SSSR count). The number of hydrogen-bond acceptors (Lipinski definition) is 6. The van der Waals surface area contributed by atoms with E-state index in [-0.39, 0.29) is 5.91 Å². The summed E-state index contributed by atoms with van der Waals surface area (Å²) in [5.74, 6) is -0.193. The van der Waals surface area contributed by atoms with Crippen molar-refractivity contribution in [2.45, 2.75) is 19.9 Å². The Morgan fingerprint density at radius 1 is 1.31 bits per heavy atom. The van der Waals surface area contributed by atoms with E-state index in [0.29, 0.717) is 17.9 Å². The van der Waals surface area contributed by atoms with Crippen molar-refractivity contribution < 1.29 is 9.53 Å². The summed E-state index contributed by atoms with van der Waals surface area (Å²) in [7, 11) is 0. The highest BCUT2D eigenvalue weighted by Gasteiger charge is 2.17. The number of hydrogen-bond donors (Lipinski definition) is 1. The topological polar surface area (TPSA) is 89.6 Å². The van der Waals surface area contributed by atoms with E-state index in [1.807, 2.05) is 23.9 Å². The van der Waals surface area contributed by atoms with Crippen molar-refractivity contribution in [2.24, 2.45) is 0 Å². The van der Waals surface area contributed by atoms with E-state index in [9.17, 15) is 4.79 Å². The van der Waals surface area contributed by atoms with Crippen LogP contribution in [0.3, 0.4) is 0 Å². The molecule has 1 saturated heterocycles. The molecule has 0 saturated carbocycles. The standard InChI is InChI=1S/C19H24BrN7O2/c1-2-26-13-14(20)18(24-26)16-4-6-21-17-12-15(23-27(16)17)19(28)22-5-3-7-25-8-10-29-11-9-25/h4,6,12-13H,2-3,5,7-11H2,1H3,(H,22,28). The molecule has 0 atom stereocenters. The van der Waals surface area contributed by atoms with Crippen LogP contribution in [0.25, 0.3) is 17.0 Å². The second-order valence-corrected chi connectivity index (χ2v) is 7.73. The lowest BCUT2D eigenvalue weighted by molar-refractivity contribution is 0.0374. The number of fused-ring (bicyclic) bond motifs is 1. The number of ether oxygens (including phenoxy) is 1. The predicted molar refractivity (Wildman–Crippen MR) is 112 cm³/mol. The van der Waals surface area contributed by atoms with E-state index in [0.717, 1.165) is 61.7 Å². The maximum Gasteiger partial charge on any atom is 0.271 e. The Bertz CT molecular complexity index is 994. The summed E-state index contributed by atoms with van der Waals surface area (Å²) in [5, 5.41) is 12.0. The van der Waals surface area contributed by atoms with E-state index >= 15 is 0 Å². The molecular formula is C19H24BrN7O2. The molecule has 3 aromatic rings. The van der Waals surface area contributed by atoms with Crippen molar-refractivity contribution in [2.75, 3.05) is 39.4 Å². The van der Waals surface area contributed by atoms with Gasteiger partial charge in [-0.3, -0.25) is 14.4 Å². The molecule has 1 amide bonds. The summed E-state index contributed by atoms with van der Waals surface area (Å²) in [4.78, 5) is 19.2. The minimum Gasteiger partial charge on any atom is -0.379 e. The molecule has 0 unspecified atom stereocenters. The van der Waals surface area contributed by atoms with Crippen LogP contribution < -0.4 is 5.32 Å². The first kappa shape index (κ1) is 20.0. The van der Waals surface area contributed by atoms with E-state index in [4.69, 9.17) is 4.74 Å². The second kappa shape index (κ2) is 9.02. The van der Waals surface area contributed by atoms with Crippen LogP contribution in [-0.4, -0.2) is 74.6 Å². The summed E-state index contributed by atoms with van der Waals surface area (Å²) in [6.45, 7) is 7.84. The normalized spacial score (nSPS) is 15.1. The first-order valence-electron chi connectivity index (χ1n) is 9.82. The zero-order chi connectivity index (χ0) is 20.2. The van der Waals surface area contributed by atoms with Gasteiger partial charge in [0.1, 0.15) is 5.69 Å². The van der Waals surface area contributed by atoms with Gasteiger partial charge < -0.3 is 10.1 Å². The van der Waals surface area contributed by atoms with E-state index in [1.54, 1.807) is 16.8 Å². The Labute approximate surface area is 177 Å². The van der Waals surface area contributed by atoms with Gasteiger partial charge in [-0.05, 0) is 41.9 Å². The maximum atomic E-state index is 12.6. The van der Waals surface area contributed by atoms with Crippen LogP contribution in [-0.2, 0) is 11.3 Å². The number of aryl methyl sites for hydroxylation is 1. The number of amides is 1. The average Bonchev–Trinajstić information content (AvgIpc) is 3.35. The van der Waals surface area contributed by atoms with Gasteiger partial charge >= 0.3 is 0 Å². The smallest absolute Gasteiger partial charge is 0.271 e. The zero-order valence-electron chi connectivity index (χ0n) is 16.3. The lowest BCUT2D eigenvalue weighted by Gasteiger charge is -2.26. The molecule has 9 nitrogen and oxygen atoms in total. The predicted octanol–water partition coefficient (Wildman–Crippen LogP) is 1.83. The molecule has 0 bridgehead atoms. The van der Waals surface area contributed by atoms with Gasteiger partial charge in [0.2, 0.25) is 0 Å². The molecule has 154 valence electrons. The summed E-state index contributed by atoms with van der Waals surface area (Å²) < 4.78 is 9.73. The maximum absolute atomic E-state index is 12.6. The van der Waals surface area contributed by atoms with Crippen molar-refractivity contribution in [3.05, 3.63) is 34.7 Å². The third kappa shape index (κ3) is 4.49. The highest BCUT2D eigenvalue weighted by atomic mass is 79.9. The van der Waals surface area contributed by atoms with Crippen LogP contribution in [0.15, 0.2) is 29.0 Å². The molecular weight excluding hydrogens is 438 g/mol. The van der Waals surface area contributed by atoms with Gasteiger partial charge in [-0.25, -0.2) is 9.50 Å². The Hall–Kier alpha value is -2.30. The molecule has 0 aromatic carbocycles. The van der Waals surface area contributed by atoms with Crippen LogP contribution in [0.2, 0.25) is 0 Å². The largest absolute Gasteiger partial charge is 0.379 e. The molecule has 0 spiro atoms. The Kier molecular flexibility index (Phi) is 6.22. The van der Waals surface area contributed by atoms with Gasteiger partial charge in [0, 0.05) is 44.6 Å². The number of rotatable bonds is 7. The molecule has 1 aliphatic rings. The van der Waals surface area contributed by atoms with Crippen LogP contribution in [0.5, 0.6) is 0 Å². The number of aromatic nitrogens is 5. The van der Waals surface area contributed by atoms with Gasteiger partial charge in [0.25, 0.3) is 5.91 Å². The molecule has 0 aliphatic carbocycles. The van der Waals surface area contributed by atoms with Crippen LogP contribution in [0, 0.1) is 0 Å². The van der Waals surface area contributed by atoms with Gasteiger partial charge in [0.15, 0.2) is 11.3 Å². The number of carbonyl (C=O) groups excluding carboxylic acids is 1. The van der Waals surface area contributed by atoms with Crippen molar-refractivity contribution in [1.29, 1.82) is 0 Å². The number of halogens is 1. The Morgan fingerprint density at radius 3 is 2.90 bits per heavy atom. The van der Waals surface area contributed by atoms with Gasteiger partial charge in [-0.1, -0.05) is 0 Å². The van der Waals surface area contributed by atoms with Gasteiger partial charge in [-0.15, -0.1) is 0 Å². The number of nitrogens with one attached hydrogen (secondary N) is 1. The fourth-order valence-electron chi connectivity index (χ4n) is 3.34. The zero-order valence-corrected chi connectivity index (χ0v) is 17.9. The van der Waals surface area contributed by atoms with Crippen molar-refractivity contribution in [3.8, 4) is 11.4 Å². The summed E-state index contributed by atoms with van der Waals surface area (Å²) in [6.07, 6.45) is 4.52. The lowest BCUT2D eigenvalue weighted by atomic mass is 10.3. The van der Waals surface area contributed by atoms with Crippen molar-refractivity contribution >= 4 is 27.5 Å². The second-order valence-electron chi connectivity index (χ2n) is 6.87. The highest BCUT2D eigenvalue weighted by molar-refractivity contribution is 9.10. The number of morpholine rings is 1. The molecule has 1 fully saturated rings. The molecule has 0 radical (unpaired) electrons. The molecule has 1 N–H and O–H groups in total. The number of carbonyl (C=O) groups is 1. The van der Waals surface area contributed by atoms with Crippen LogP contribution in [0.1, 0.15) is 23.8 Å². The molecule has 10 heteroatoms. The third-order valence-corrected chi connectivity index (χ3v) is 5.49. The minimum atomic E-state index is -0.193. The molecule has 4 heterocycles. The fourth-order valence-corrected chi connectivity index (χ4v) is 3.86. The quantitative estimate of drug-likeness (QED) is 0.539. The van der Waals surface area contributed by atoms with Crippen LogP contribution >= 0.6 is 15.9 Å². The first-order chi connectivity index (χ1) is 14.2. The Balaban J connectivity index is 1.44. The molecule has 3 aromatic heterocycles. The lowest BCUT2D eigenvalue weighted by Crippen LogP contribution is -2.38. The third-order valence-electron chi connectivity index (χ3n) is 4.91. The summed E-state index contributed by atoms with van der Waals surface area (Å²) in [6, 6.07) is 3.54. The minimum absolute atomic E-state index is 0.193. The number of nitrogens with zero attached hydrogens (tertiary/aromatic N) is 6. The highest BCUT2D eigenvalue weighted by Crippen LogP contribution is 2.26. The first-order valence-corrected chi connectivity index (χ1v) is 10.6. The van der Waals surface area contributed by atoms with Crippen molar-refractivity contribution in [1.82, 2.24) is 34.6 Å². The van der Waals surface area contributed by atoms with Crippen molar-refractivity contribution in [3.63, 3.8) is 0 Å². The van der Waals surface area contributed by atoms with Gasteiger partial charge in [-0.2, -0.15) is 10.2 Å². The van der Waals surface area contributed by atoms with E-state index in [1.165, 1.54) is 0 Å². The fraction of sp³-hybridized carbons (Fsp3) is 0.474. The monoisotopic (exact) mass is 461 g/mol. The van der Waals surface area contributed by atoms with Crippen LogP contribution in [0.4, 0.5) is 0 Å². The summed E-state index contributed by atoms with van der Waals surface area (Å²) >= 11 is 3.56. The Morgan fingerprint density at radius 2 is 2.14 bits per heavy atom. The van der Waals surface area contributed by atoms with E-state index in [2.05, 4.69) is 41.3 Å².